The Labute approximate surface area is 94.3 Å². The molecule has 1 fully saturated rings. The highest BCUT2D eigenvalue weighted by Gasteiger charge is 2.20. The number of nitrogens with one attached hydrogen (secondary N) is 1. The number of pyridine rings is 1. The average Bonchev–Trinajstić information content (AvgIpc) is 2.75. The summed E-state index contributed by atoms with van der Waals surface area (Å²) in [5.74, 6) is 0.992. The summed E-state index contributed by atoms with van der Waals surface area (Å²) < 4.78 is 7.84. The van der Waals surface area contributed by atoms with Crippen LogP contribution in [0.15, 0.2) is 24.5 Å². The van der Waals surface area contributed by atoms with Gasteiger partial charge in [0.15, 0.2) is 0 Å². The number of hydrogen-bond donors (Lipinski definition) is 1. The van der Waals surface area contributed by atoms with E-state index in [0.29, 0.717) is 0 Å². The molecular weight excluding hydrogens is 202 g/mol. The van der Waals surface area contributed by atoms with Crippen LogP contribution in [0.4, 0.5) is 0 Å². The van der Waals surface area contributed by atoms with E-state index < -0.39 is 0 Å². The van der Waals surface area contributed by atoms with E-state index in [0.717, 1.165) is 31.0 Å². The van der Waals surface area contributed by atoms with Gasteiger partial charge in [0.1, 0.15) is 11.9 Å². The minimum absolute atomic E-state index is 0.0676. The molecule has 84 valence electrons. The Balaban J connectivity index is 2.06. The molecule has 0 aromatic carbocycles. The van der Waals surface area contributed by atoms with E-state index in [9.17, 15) is 0 Å². The molecule has 0 spiro atoms. The monoisotopic (exact) mass is 217 g/mol. The molecule has 1 aliphatic rings. The van der Waals surface area contributed by atoms with Crippen LogP contribution in [0.3, 0.4) is 0 Å². The number of hydrogen-bond acceptors (Lipinski definition) is 3. The quantitative estimate of drug-likeness (QED) is 0.782. The van der Waals surface area contributed by atoms with Gasteiger partial charge in [-0.05, 0) is 18.6 Å². The molecule has 4 heteroatoms. The summed E-state index contributed by atoms with van der Waals surface area (Å²) in [5.41, 5.74) is 2.40. The van der Waals surface area contributed by atoms with Crippen molar-refractivity contribution in [1.82, 2.24) is 14.7 Å². The first-order valence-electron chi connectivity index (χ1n) is 5.61. The van der Waals surface area contributed by atoms with E-state index in [2.05, 4.69) is 27.7 Å². The van der Waals surface area contributed by atoms with Crippen molar-refractivity contribution < 1.29 is 4.74 Å². The highest BCUT2D eigenvalue weighted by molar-refractivity contribution is 5.53. The van der Waals surface area contributed by atoms with Crippen molar-refractivity contribution in [3.63, 3.8) is 0 Å². The number of rotatable bonds is 1. The van der Waals surface area contributed by atoms with Gasteiger partial charge in [-0.1, -0.05) is 6.07 Å². The van der Waals surface area contributed by atoms with Crippen LogP contribution in [-0.4, -0.2) is 29.1 Å². The molecular formula is C12H15N3O. The lowest BCUT2D eigenvalue weighted by molar-refractivity contribution is 0.0218. The fourth-order valence-corrected chi connectivity index (χ4v) is 2.15. The lowest BCUT2D eigenvalue weighted by Crippen LogP contribution is -2.34. The van der Waals surface area contributed by atoms with Crippen molar-refractivity contribution in [2.45, 2.75) is 13.0 Å². The Kier molecular flexibility index (Phi) is 2.38. The van der Waals surface area contributed by atoms with Crippen molar-refractivity contribution in [1.29, 1.82) is 0 Å². The third kappa shape index (κ3) is 1.50. The summed E-state index contributed by atoms with van der Waals surface area (Å²) in [4.78, 5) is 4.48. The molecule has 0 saturated carbocycles. The fourth-order valence-electron chi connectivity index (χ4n) is 2.15. The zero-order valence-electron chi connectivity index (χ0n) is 9.31. The topological polar surface area (TPSA) is 38.6 Å². The van der Waals surface area contributed by atoms with Gasteiger partial charge < -0.3 is 14.5 Å². The van der Waals surface area contributed by atoms with Crippen LogP contribution in [0.25, 0.3) is 5.52 Å². The summed E-state index contributed by atoms with van der Waals surface area (Å²) in [5, 5.41) is 3.32. The second-order valence-corrected chi connectivity index (χ2v) is 4.13. The van der Waals surface area contributed by atoms with Crippen molar-refractivity contribution >= 4 is 5.52 Å². The molecule has 1 saturated heterocycles. The van der Waals surface area contributed by atoms with Crippen molar-refractivity contribution in [3.8, 4) is 0 Å². The summed E-state index contributed by atoms with van der Waals surface area (Å²) >= 11 is 0. The minimum atomic E-state index is 0.0676. The largest absolute Gasteiger partial charge is 0.368 e. The second-order valence-electron chi connectivity index (χ2n) is 4.13. The van der Waals surface area contributed by atoms with Gasteiger partial charge in [0.05, 0.1) is 18.3 Å². The molecule has 0 amide bonds. The third-order valence-electron chi connectivity index (χ3n) is 3.03. The lowest BCUT2D eigenvalue weighted by Gasteiger charge is -2.22. The highest BCUT2D eigenvalue weighted by Crippen LogP contribution is 2.20. The Morgan fingerprint density at radius 1 is 1.56 bits per heavy atom. The Hall–Kier alpha value is -1.39. The van der Waals surface area contributed by atoms with Gasteiger partial charge in [-0.3, -0.25) is 0 Å². The summed E-state index contributed by atoms with van der Waals surface area (Å²) in [6, 6.07) is 4.14. The van der Waals surface area contributed by atoms with Gasteiger partial charge in [-0.2, -0.15) is 0 Å². The highest BCUT2D eigenvalue weighted by atomic mass is 16.5. The van der Waals surface area contributed by atoms with E-state index in [4.69, 9.17) is 4.74 Å². The molecule has 1 unspecified atom stereocenters. The summed E-state index contributed by atoms with van der Waals surface area (Å²) in [6.45, 7) is 4.62. The second kappa shape index (κ2) is 3.88. The Bertz CT molecular complexity index is 500. The maximum atomic E-state index is 5.72. The standard InChI is InChI=1S/C12H15N3O/c1-9-3-2-5-15-10(9)7-14-12(15)11-8-13-4-6-16-11/h2-3,5,7,11,13H,4,6,8H2,1H3. The number of aromatic nitrogens is 2. The van der Waals surface area contributed by atoms with Gasteiger partial charge in [-0.15, -0.1) is 0 Å². The molecule has 0 radical (unpaired) electrons. The van der Waals surface area contributed by atoms with Gasteiger partial charge >= 0.3 is 0 Å². The summed E-state index contributed by atoms with van der Waals surface area (Å²) in [6.07, 6.45) is 4.03. The SMILES string of the molecule is Cc1cccn2c(C3CNCCO3)ncc12. The fraction of sp³-hybridized carbons (Fsp3) is 0.417. The summed E-state index contributed by atoms with van der Waals surface area (Å²) in [7, 11) is 0. The molecule has 0 bridgehead atoms. The Morgan fingerprint density at radius 3 is 3.31 bits per heavy atom. The van der Waals surface area contributed by atoms with Gasteiger partial charge in [0.25, 0.3) is 0 Å². The van der Waals surface area contributed by atoms with E-state index >= 15 is 0 Å². The van der Waals surface area contributed by atoms with E-state index in [1.54, 1.807) is 0 Å². The van der Waals surface area contributed by atoms with E-state index in [1.807, 2.05) is 18.5 Å². The van der Waals surface area contributed by atoms with Crippen LogP contribution in [0, 0.1) is 6.92 Å². The van der Waals surface area contributed by atoms with Crippen LogP contribution in [0.5, 0.6) is 0 Å². The predicted octanol–water partition coefficient (Wildman–Crippen LogP) is 1.30. The van der Waals surface area contributed by atoms with Gasteiger partial charge in [0.2, 0.25) is 0 Å². The van der Waals surface area contributed by atoms with Crippen molar-refractivity contribution in [2.24, 2.45) is 0 Å². The zero-order chi connectivity index (χ0) is 11.0. The number of ether oxygens (including phenoxy) is 1. The van der Waals surface area contributed by atoms with Gasteiger partial charge in [0, 0.05) is 19.3 Å². The molecule has 1 atom stereocenters. The van der Waals surface area contributed by atoms with Crippen molar-refractivity contribution in [3.05, 3.63) is 35.9 Å². The number of morpholine rings is 1. The molecule has 3 rings (SSSR count). The predicted molar refractivity (Wildman–Crippen MR) is 61.5 cm³/mol. The first-order valence-corrected chi connectivity index (χ1v) is 5.61. The lowest BCUT2D eigenvalue weighted by atomic mass is 10.2. The van der Waals surface area contributed by atoms with E-state index in [-0.39, 0.29) is 6.10 Å². The smallest absolute Gasteiger partial charge is 0.143 e. The zero-order valence-corrected chi connectivity index (χ0v) is 9.31. The third-order valence-corrected chi connectivity index (χ3v) is 3.03. The maximum Gasteiger partial charge on any atom is 0.143 e. The normalized spacial score (nSPS) is 21.4. The van der Waals surface area contributed by atoms with Crippen LogP contribution in [0.1, 0.15) is 17.5 Å². The van der Waals surface area contributed by atoms with Crippen LogP contribution in [0.2, 0.25) is 0 Å². The minimum Gasteiger partial charge on any atom is -0.368 e. The van der Waals surface area contributed by atoms with Crippen LogP contribution < -0.4 is 5.32 Å². The molecule has 0 aliphatic carbocycles. The first kappa shape index (κ1) is 9.81. The number of fused-ring (bicyclic) bond motifs is 1. The number of nitrogens with zero attached hydrogens (tertiary/aromatic N) is 2. The van der Waals surface area contributed by atoms with Crippen LogP contribution >= 0.6 is 0 Å². The molecule has 1 aliphatic heterocycles. The Morgan fingerprint density at radius 2 is 2.50 bits per heavy atom. The molecule has 1 N–H and O–H groups in total. The molecule has 4 nitrogen and oxygen atoms in total. The first-order chi connectivity index (χ1) is 7.86. The molecule has 3 heterocycles. The molecule has 2 aromatic rings. The van der Waals surface area contributed by atoms with Crippen LogP contribution in [-0.2, 0) is 4.74 Å². The van der Waals surface area contributed by atoms with E-state index in [1.165, 1.54) is 5.56 Å². The number of aryl methyl sites for hydroxylation is 1. The van der Waals surface area contributed by atoms with Gasteiger partial charge in [-0.25, -0.2) is 4.98 Å². The van der Waals surface area contributed by atoms with Crippen molar-refractivity contribution in [2.75, 3.05) is 19.7 Å². The molecule has 16 heavy (non-hydrogen) atoms. The average molecular weight is 217 g/mol. The number of imidazole rings is 1. The molecule has 2 aromatic heterocycles. The maximum absolute atomic E-state index is 5.72.